The van der Waals surface area contributed by atoms with Crippen LogP contribution in [-0.2, 0) is 6.42 Å². The summed E-state index contributed by atoms with van der Waals surface area (Å²) in [6.45, 7) is 2.09. The van der Waals surface area contributed by atoms with Crippen LogP contribution in [-0.4, -0.2) is 11.4 Å². The molecule has 1 rings (SSSR count). The van der Waals surface area contributed by atoms with Crippen molar-refractivity contribution in [3.05, 3.63) is 23.7 Å². The molecule has 0 aliphatic carbocycles. The zero-order chi connectivity index (χ0) is 8.10. The molecule has 0 bridgehead atoms. The zero-order valence-corrected chi connectivity index (χ0v) is 6.45. The van der Waals surface area contributed by atoms with E-state index in [1.54, 1.807) is 6.07 Å². The van der Waals surface area contributed by atoms with Crippen LogP contribution in [0.15, 0.2) is 21.7 Å². The lowest BCUT2D eigenvalue weighted by atomic mass is 10.3. The van der Waals surface area contributed by atoms with Gasteiger partial charge in [-0.3, -0.25) is 0 Å². The Kier molecular flexibility index (Phi) is 2.72. The monoisotopic (exact) mass is 153 g/mol. The highest BCUT2D eigenvalue weighted by atomic mass is 16.4. The predicted molar refractivity (Wildman–Crippen MR) is 42.1 cm³/mol. The molecule has 0 aliphatic heterocycles. The Bertz CT molecular complexity index is 240. The topological polar surface area (TPSA) is 45.7 Å². The van der Waals surface area contributed by atoms with E-state index in [1.165, 1.54) is 6.21 Å². The second kappa shape index (κ2) is 3.81. The molecule has 0 saturated heterocycles. The minimum atomic E-state index is 0.593. The fourth-order valence-corrected chi connectivity index (χ4v) is 0.902. The molecule has 0 unspecified atom stereocenters. The predicted octanol–water partition coefficient (Wildman–Crippen LogP) is 2.04. The number of oxime groups is 1. The molecule has 0 radical (unpaired) electrons. The van der Waals surface area contributed by atoms with Gasteiger partial charge in [0.1, 0.15) is 17.7 Å². The first-order valence-corrected chi connectivity index (χ1v) is 3.63. The van der Waals surface area contributed by atoms with Crippen LogP contribution in [0.4, 0.5) is 0 Å². The molecule has 0 aromatic carbocycles. The fourth-order valence-electron chi connectivity index (χ4n) is 0.902. The number of aryl methyl sites for hydroxylation is 1. The van der Waals surface area contributed by atoms with Gasteiger partial charge in [-0.2, -0.15) is 0 Å². The van der Waals surface area contributed by atoms with E-state index in [2.05, 4.69) is 12.1 Å². The van der Waals surface area contributed by atoms with E-state index in [0.29, 0.717) is 5.76 Å². The second-order valence-corrected chi connectivity index (χ2v) is 2.30. The lowest BCUT2D eigenvalue weighted by molar-refractivity contribution is 0.320. The van der Waals surface area contributed by atoms with Gasteiger partial charge in [-0.1, -0.05) is 12.1 Å². The maximum atomic E-state index is 8.17. The van der Waals surface area contributed by atoms with Gasteiger partial charge in [-0.15, -0.1) is 0 Å². The second-order valence-electron chi connectivity index (χ2n) is 2.30. The Labute approximate surface area is 65.3 Å². The van der Waals surface area contributed by atoms with Crippen LogP contribution >= 0.6 is 0 Å². The van der Waals surface area contributed by atoms with Crippen molar-refractivity contribution in [2.24, 2.45) is 5.16 Å². The molecule has 1 heterocycles. The Hall–Kier alpha value is -1.25. The summed E-state index contributed by atoms with van der Waals surface area (Å²) in [7, 11) is 0. The van der Waals surface area contributed by atoms with Crippen molar-refractivity contribution in [2.45, 2.75) is 19.8 Å². The molecule has 0 aliphatic rings. The van der Waals surface area contributed by atoms with Gasteiger partial charge < -0.3 is 9.62 Å². The molecule has 0 saturated carbocycles. The van der Waals surface area contributed by atoms with Crippen LogP contribution in [0.1, 0.15) is 24.9 Å². The molecule has 0 fully saturated rings. The van der Waals surface area contributed by atoms with E-state index in [-0.39, 0.29) is 0 Å². The minimum Gasteiger partial charge on any atom is -0.460 e. The first-order valence-electron chi connectivity index (χ1n) is 3.63. The Morgan fingerprint density at radius 3 is 3.09 bits per heavy atom. The molecule has 11 heavy (non-hydrogen) atoms. The van der Waals surface area contributed by atoms with Crippen molar-refractivity contribution >= 4 is 6.21 Å². The van der Waals surface area contributed by atoms with E-state index >= 15 is 0 Å². The summed E-state index contributed by atoms with van der Waals surface area (Å²) in [6, 6.07) is 3.67. The van der Waals surface area contributed by atoms with Gasteiger partial charge in [0, 0.05) is 6.42 Å². The molecule has 3 nitrogen and oxygen atoms in total. The average Bonchev–Trinajstić information content (AvgIpc) is 2.38. The highest BCUT2D eigenvalue weighted by molar-refractivity contribution is 5.75. The molecule has 0 amide bonds. The highest BCUT2D eigenvalue weighted by Crippen LogP contribution is 2.07. The lowest BCUT2D eigenvalue weighted by Crippen LogP contribution is -1.77. The van der Waals surface area contributed by atoms with E-state index in [4.69, 9.17) is 9.62 Å². The van der Waals surface area contributed by atoms with Crippen molar-refractivity contribution in [3.63, 3.8) is 0 Å². The number of furan rings is 1. The third kappa shape index (κ3) is 2.11. The van der Waals surface area contributed by atoms with Crippen molar-refractivity contribution in [3.8, 4) is 0 Å². The Morgan fingerprint density at radius 2 is 2.45 bits per heavy atom. The van der Waals surface area contributed by atoms with Crippen LogP contribution in [0.5, 0.6) is 0 Å². The highest BCUT2D eigenvalue weighted by Gasteiger charge is 1.97. The molecular formula is C8H11NO2. The summed E-state index contributed by atoms with van der Waals surface area (Å²) in [4.78, 5) is 0. The van der Waals surface area contributed by atoms with Gasteiger partial charge >= 0.3 is 0 Å². The van der Waals surface area contributed by atoms with Gasteiger partial charge in [-0.05, 0) is 18.6 Å². The molecule has 0 atom stereocenters. The zero-order valence-electron chi connectivity index (χ0n) is 6.45. The SMILES string of the molecule is CCCc1ccc(/C=N/O)o1. The first kappa shape index (κ1) is 7.85. The summed E-state index contributed by atoms with van der Waals surface area (Å²) in [5.41, 5.74) is 0. The molecule has 1 N–H and O–H groups in total. The van der Waals surface area contributed by atoms with Gasteiger partial charge in [0.25, 0.3) is 0 Å². The number of rotatable bonds is 3. The molecule has 3 heteroatoms. The van der Waals surface area contributed by atoms with Crippen LogP contribution < -0.4 is 0 Å². The van der Waals surface area contributed by atoms with Crippen molar-refractivity contribution < 1.29 is 9.62 Å². The molecule has 1 aromatic rings. The van der Waals surface area contributed by atoms with Crippen LogP contribution in [0.3, 0.4) is 0 Å². The Balaban J connectivity index is 2.65. The number of hydrogen-bond donors (Lipinski definition) is 1. The maximum Gasteiger partial charge on any atom is 0.148 e. The van der Waals surface area contributed by atoms with E-state index in [9.17, 15) is 0 Å². The Morgan fingerprint density at radius 1 is 1.64 bits per heavy atom. The smallest absolute Gasteiger partial charge is 0.148 e. The quantitative estimate of drug-likeness (QED) is 0.410. The number of hydrogen-bond acceptors (Lipinski definition) is 3. The van der Waals surface area contributed by atoms with Gasteiger partial charge in [-0.25, -0.2) is 0 Å². The van der Waals surface area contributed by atoms with Gasteiger partial charge in [0.05, 0.1) is 0 Å². The van der Waals surface area contributed by atoms with Crippen molar-refractivity contribution in [1.29, 1.82) is 0 Å². The first-order chi connectivity index (χ1) is 5.36. The summed E-state index contributed by atoms with van der Waals surface area (Å²) in [5, 5.41) is 11.0. The molecule has 1 aromatic heterocycles. The molecular weight excluding hydrogens is 142 g/mol. The fraction of sp³-hybridized carbons (Fsp3) is 0.375. The summed E-state index contributed by atoms with van der Waals surface area (Å²) in [6.07, 6.45) is 3.27. The van der Waals surface area contributed by atoms with E-state index < -0.39 is 0 Å². The third-order valence-electron chi connectivity index (χ3n) is 1.36. The van der Waals surface area contributed by atoms with Gasteiger partial charge in [0.15, 0.2) is 0 Å². The average molecular weight is 153 g/mol. The van der Waals surface area contributed by atoms with Crippen LogP contribution in [0, 0.1) is 0 Å². The summed E-state index contributed by atoms with van der Waals surface area (Å²) < 4.78 is 5.26. The normalized spacial score (nSPS) is 11.0. The minimum absolute atomic E-state index is 0.593. The molecule has 60 valence electrons. The summed E-state index contributed by atoms with van der Waals surface area (Å²) in [5.74, 6) is 1.53. The van der Waals surface area contributed by atoms with E-state index in [0.717, 1.165) is 18.6 Å². The standard InChI is InChI=1S/C8H11NO2/c1-2-3-7-4-5-8(11-7)6-9-10/h4-6,10H,2-3H2,1H3/b9-6+. The van der Waals surface area contributed by atoms with Crippen LogP contribution in [0.2, 0.25) is 0 Å². The summed E-state index contributed by atoms with van der Waals surface area (Å²) >= 11 is 0. The number of nitrogens with zero attached hydrogens (tertiary/aromatic N) is 1. The van der Waals surface area contributed by atoms with Crippen molar-refractivity contribution in [1.82, 2.24) is 0 Å². The largest absolute Gasteiger partial charge is 0.460 e. The van der Waals surface area contributed by atoms with Crippen molar-refractivity contribution in [2.75, 3.05) is 0 Å². The van der Waals surface area contributed by atoms with Gasteiger partial charge in [0.2, 0.25) is 0 Å². The lowest BCUT2D eigenvalue weighted by Gasteiger charge is -1.88. The third-order valence-corrected chi connectivity index (χ3v) is 1.36. The van der Waals surface area contributed by atoms with E-state index in [1.807, 2.05) is 6.07 Å². The maximum absolute atomic E-state index is 8.17. The van der Waals surface area contributed by atoms with Crippen LogP contribution in [0.25, 0.3) is 0 Å². The molecule has 0 spiro atoms.